The number of carbonyl (C=O) groups is 2. The highest BCUT2D eigenvalue weighted by molar-refractivity contribution is 7.99. The maximum Gasteiger partial charge on any atom is 0.418 e. The highest BCUT2D eigenvalue weighted by atomic mass is 32.2. The number of alkyl halides is 6. The lowest BCUT2D eigenvalue weighted by Crippen LogP contribution is -2.39. The quantitative estimate of drug-likeness (QED) is 0.303. The molecule has 210 valence electrons. The van der Waals surface area contributed by atoms with Crippen molar-refractivity contribution >= 4 is 35.4 Å². The maximum absolute atomic E-state index is 14.1. The van der Waals surface area contributed by atoms with Gasteiger partial charge in [-0.1, -0.05) is 23.9 Å². The Labute approximate surface area is 224 Å². The summed E-state index contributed by atoms with van der Waals surface area (Å²) in [5.41, 5.74) is -3.97. The highest BCUT2D eigenvalue weighted by Gasteiger charge is 2.46. The summed E-state index contributed by atoms with van der Waals surface area (Å²) in [4.78, 5) is 24.3. The first kappa shape index (κ1) is 28.8. The molecule has 1 amide bonds. The smallest absolute Gasteiger partial charge is 0.418 e. The Morgan fingerprint density at radius 2 is 1.74 bits per heavy atom. The number of aliphatic carboxylic acids is 1. The van der Waals surface area contributed by atoms with E-state index in [0.717, 1.165) is 24.3 Å². The number of hydrogen-bond donors (Lipinski definition) is 2. The summed E-state index contributed by atoms with van der Waals surface area (Å²) >= 11 is 0.529. The number of morpholine rings is 1. The minimum Gasteiger partial charge on any atom is -0.481 e. The van der Waals surface area contributed by atoms with E-state index in [1.54, 1.807) is 12.1 Å². The second-order valence-electron chi connectivity index (χ2n) is 9.12. The van der Waals surface area contributed by atoms with E-state index in [2.05, 4.69) is 5.32 Å². The van der Waals surface area contributed by atoms with Crippen LogP contribution in [0.5, 0.6) is 0 Å². The molecule has 1 aliphatic heterocycles. The zero-order valence-corrected chi connectivity index (χ0v) is 21.1. The molecule has 2 aromatic carbocycles. The fourth-order valence-electron chi connectivity index (χ4n) is 4.28. The first-order chi connectivity index (χ1) is 18.3. The van der Waals surface area contributed by atoms with Crippen molar-refractivity contribution in [2.24, 2.45) is 11.8 Å². The van der Waals surface area contributed by atoms with E-state index in [9.17, 15) is 35.9 Å². The molecular formula is C26H24F6N2O4S. The van der Waals surface area contributed by atoms with E-state index in [4.69, 9.17) is 9.84 Å². The predicted molar refractivity (Wildman–Crippen MR) is 131 cm³/mol. The number of carbonyl (C=O) groups excluding carboxylic acids is 1. The lowest BCUT2D eigenvalue weighted by molar-refractivity contribution is -0.163. The van der Waals surface area contributed by atoms with Crippen LogP contribution in [0.25, 0.3) is 6.08 Å². The van der Waals surface area contributed by atoms with Gasteiger partial charge in [-0.25, -0.2) is 0 Å². The van der Waals surface area contributed by atoms with Crippen LogP contribution in [0.2, 0.25) is 0 Å². The largest absolute Gasteiger partial charge is 0.481 e. The number of anilines is 1. The van der Waals surface area contributed by atoms with Crippen molar-refractivity contribution in [3.63, 3.8) is 0 Å². The van der Waals surface area contributed by atoms with E-state index in [1.807, 2.05) is 0 Å². The molecule has 4 rings (SSSR count). The molecule has 2 atom stereocenters. The van der Waals surface area contributed by atoms with Gasteiger partial charge in [0.05, 0.1) is 30.3 Å². The molecule has 2 N–H and O–H groups in total. The van der Waals surface area contributed by atoms with Crippen LogP contribution in [-0.2, 0) is 26.7 Å². The molecule has 0 spiro atoms. The van der Waals surface area contributed by atoms with E-state index < -0.39 is 51.7 Å². The Bertz CT molecular complexity index is 1260. The van der Waals surface area contributed by atoms with Gasteiger partial charge < -0.3 is 20.1 Å². The van der Waals surface area contributed by atoms with Gasteiger partial charge in [0.2, 0.25) is 5.91 Å². The maximum atomic E-state index is 14.1. The first-order valence-corrected chi connectivity index (χ1v) is 12.8. The molecule has 2 unspecified atom stereocenters. The SMILES string of the molecule is O=C(O)C1CC1CNc1cccc(Sc2ccc(C=CC(=O)N3CCOCC3)c(C(F)(F)F)c2C(F)(F)F)c1. The van der Waals surface area contributed by atoms with Gasteiger partial charge in [-0.2, -0.15) is 26.3 Å². The van der Waals surface area contributed by atoms with Crippen LogP contribution >= 0.6 is 11.8 Å². The van der Waals surface area contributed by atoms with Crippen molar-refractivity contribution in [2.75, 3.05) is 38.2 Å². The number of halogens is 6. The van der Waals surface area contributed by atoms with Crippen molar-refractivity contribution in [1.82, 2.24) is 4.90 Å². The molecule has 13 heteroatoms. The van der Waals surface area contributed by atoms with Crippen molar-refractivity contribution in [2.45, 2.75) is 28.6 Å². The average molecular weight is 575 g/mol. The Hall–Kier alpha value is -3.19. The third kappa shape index (κ3) is 7.27. The number of benzene rings is 2. The monoisotopic (exact) mass is 574 g/mol. The first-order valence-electron chi connectivity index (χ1n) is 12.0. The van der Waals surface area contributed by atoms with Crippen LogP contribution in [0, 0.1) is 11.8 Å². The number of amides is 1. The Morgan fingerprint density at radius 1 is 1.05 bits per heavy atom. The Balaban J connectivity index is 1.61. The topological polar surface area (TPSA) is 78.9 Å². The molecule has 1 heterocycles. The molecule has 1 saturated carbocycles. The molecular weight excluding hydrogens is 550 g/mol. The minimum absolute atomic E-state index is 0.0688. The number of hydrogen-bond acceptors (Lipinski definition) is 5. The van der Waals surface area contributed by atoms with Crippen molar-refractivity contribution < 1.29 is 45.8 Å². The fourth-order valence-corrected chi connectivity index (χ4v) is 5.32. The standard InChI is InChI=1S/C26H24F6N2O4S/c27-25(28,29)22-15(5-7-21(35)34-8-10-38-11-9-34)4-6-20(23(22)26(30,31)32)39-18-3-1-2-17(13-18)33-14-16-12-19(16)24(36)37/h1-7,13,16,19,33H,8-12,14H2,(H,36,37). The number of ether oxygens (including phenoxy) is 1. The number of nitrogens with one attached hydrogen (secondary N) is 1. The fraction of sp³-hybridized carbons (Fsp3) is 0.385. The van der Waals surface area contributed by atoms with Gasteiger partial charge >= 0.3 is 18.3 Å². The minimum atomic E-state index is -5.35. The molecule has 6 nitrogen and oxygen atoms in total. The van der Waals surface area contributed by atoms with Gasteiger partial charge in [0.15, 0.2) is 0 Å². The summed E-state index contributed by atoms with van der Waals surface area (Å²) in [7, 11) is 0. The molecule has 1 aliphatic carbocycles. The third-order valence-corrected chi connectivity index (χ3v) is 7.41. The Kier molecular flexibility index (Phi) is 8.50. The van der Waals surface area contributed by atoms with Gasteiger partial charge in [-0.15, -0.1) is 0 Å². The molecule has 2 aromatic rings. The molecule has 1 saturated heterocycles. The Morgan fingerprint density at radius 3 is 2.36 bits per heavy atom. The number of nitrogens with zero attached hydrogens (tertiary/aromatic N) is 1. The molecule has 39 heavy (non-hydrogen) atoms. The van der Waals surface area contributed by atoms with Crippen molar-refractivity contribution in [3.05, 3.63) is 59.2 Å². The average Bonchev–Trinajstić information content (AvgIpc) is 3.66. The van der Waals surface area contributed by atoms with E-state index in [-0.39, 0.29) is 37.1 Å². The molecule has 2 aliphatic rings. The van der Waals surface area contributed by atoms with Gasteiger partial charge in [0.1, 0.15) is 0 Å². The van der Waals surface area contributed by atoms with Crippen molar-refractivity contribution in [3.8, 4) is 0 Å². The molecule has 2 fully saturated rings. The summed E-state index contributed by atoms with van der Waals surface area (Å²) < 4.78 is 89.7. The highest BCUT2D eigenvalue weighted by Crippen LogP contribution is 2.48. The summed E-state index contributed by atoms with van der Waals surface area (Å²) in [6.45, 7) is 1.33. The van der Waals surface area contributed by atoms with Crippen LogP contribution in [0.4, 0.5) is 32.0 Å². The summed E-state index contributed by atoms with van der Waals surface area (Å²) in [5, 5.41) is 12.0. The zero-order valence-electron chi connectivity index (χ0n) is 20.3. The third-order valence-electron chi connectivity index (χ3n) is 6.36. The number of carboxylic acids is 1. The van der Waals surface area contributed by atoms with E-state index in [1.165, 1.54) is 17.0 Å². The normalized spacial score (nSPS) is 19.8. The van der Waals surface area contributed by atoms with Gasteiger partial charge in [-0.3, -0.25) is 9.59 Å². The van der Waals surface area contributed by atoms with Crippen LogP contribution < -0.4 is 5.32 Å². The van der Waals surface area contributed by atoms with E-state index in [0.29, 0.717) is 30.4 Å². The molecule has 0 aromatic heterocycles. The number of carboxylic acid groups (broad SMARTS) is 1. The summed E-state index contributed by atoms with van der Waals surface area (Å²) in [5.74, 6) is -2.03. The van der Waals surface area contributed by atoms with Gasteiger partial charge in [0.25, 0.3) is 0 Å². The number of rotatable bonds is 8. The van der Waals surface area contributed by atoms with Gasteiger partial charge in [0, 0.05) is 41.2 Å². The van der Waals surface area contributed by atoms with Crippen LogP contribution in [0.15, 0.2) is 52.3 Å². The second kappa shape index (κ2) is 11.5. The van der Waals surface area contributed by atoms with Crippen molar-refractivity contribution in [1.29, 1.82) is 0 Å². The van der Waals surface area contributed by atoms with Crippen LogP contribution in [0.3, 0.4) is 0 Å². The summed E-state index contributed by atoms with van der Waals surface area (Å²) in [6.07, 6.45) is -8.56. The van der Waals surface area contributed by atoms with Gasteiger partial charge in [-0.05, 0) is 48.2 Å². The zero-order chi connectivity index (χ0) is 28.4. The predicted octanol–water partition coefficient (Wildman–Crippen LogP) is 5.88. The lowest BCUT2D eigenvalue weighted by atomic mass is 9.99. The molecule has 0 radical (unpaired) electrons. The summed E-state index contributed by atoms with van der Waals surface area (Å²) in [6, 6.07) is 8.01. The molecule has 0 bridgehead atoms. The second-order valence-corrected chi connectivity index (χ2v) is 10.2. The van der Waals surface area contributed by atoms with E-state index >= 15 is 0 Å². The van der Waals surface area contributed by atoms with Crippen LogP contribution in [-0.4, -0.2) is 54.7 Å². The lowest BCUT2D eigenvalue weighted by Gasteiger charge is -2.25. The van der Waals surface area contributed by atoms with Crippen LogP contribution in [0.1, 0.15) is 23.1 Å².